The molecule has 0 aliphatic heterocycles. The van der Waals surface area contributed by atoms with Crippen molar-refractivity contribution in [1.29, 1.82) is 0 Å². The molecule has 0 N–H and O–H groups in total. The van der Waals surface area contributed by atoms with Gasteiger partial charge in [0.2, 0.25) is 0 Å². The van der Waals surface area contributed by atoms with Crippen molar-refractivity contribution in [2.75, 3.05) is 0 Å². The van der Waals surface area contributed by atoms with Gasteiger partial charge in [0.15, 0.2) is 0 Å². The van der Waals surface area contributed by atoms with Gasteiger partial charge in [-0.25, -0.2) is 8.42 Å². The van der Waals surface area contributed by atoms with Crippen LogP contribution in [0.3, 0.4) is 0 Å². The molecular weight excluding hydrogens is 599 g/mol. The molecule has 1 unspecified atom stereocenters. The molecule has 4 aromatic carbocycles. The third-order valence-electron chi connectivity index (χ3n) is 5.96. The molecule has 0 amide bonds. The smallest absolute Gasteiger partial charge is 0.432 e. The SMILES string of the molecule is C=Cc1ccc(C(=O)OC(C(F)(F)F)C(F)(F)S(=O)(=O)OS(c2ccccc2)(c2ccccc2)c2ccccc2)cc1. The Morgan fingerprint density at radius 1 is 0.690 bits per heavy atom. The summed E-state index contributed by atoms with van der Waals surface area (Å²) in [5.74, 6) is -1.81. The first kappa shape index (κ1) is 30.9. The van der Waals surface area contributed by atoms with Gasteiger partial charge in [-0.2, -0.15) is 30.4 Å². The Hall–Kier alpha value is -4.00. The lowest BCUT2D eigenvalue weighted by Crippen LogP contribution is -2.52. The zero-order chi connectivity index (χ0) is 30.6. The fraction of sp³-hybridized carbons (Fsp3) is 0.100. The first-order chi connectivity index (χ1) is 19.8. The molecule has 220 valence electrons. The normalized spacial score (nSPS) is 13.6. The standard InChI is InChI=1S/C30H23F5O5S2/c1-2-22-18-20-23(21-19-22)27(36)39-28(29(31,32)33)30(34,35)42(37,38)40-41(24-12-6-3-7-13-24,25-14-8-4-9-15-25)26-16-10-5-11-17-26/h2-21,28H,1H2. The lowest BCUT2D eigenvalue weighted by Gasteiger charge is -2.40. The average molecular weight is 623 g/mol. The van der Waals surface area contributed by atoms with Gasteiger partial charge in [0.1, 0.15) is 0 Å². The van der Waals surface area contributed by atoms with Crippen LogP contribution >= 0.6 is 10.3 Å². The van der Waals surface area contributed by atoms with Gasteiger partial charge < -0.3 is 4.74 Å². The molecule has 0 aliphatic carbocycles. The van der Waals surface area contributed by atoms with E-state index in [4.69, 9.17) is 3.63 Å². The van der Waals surface area contributed by atoms with Crippen LogP contribution in [0.15, 0.2) is 137 Å². The van der Waals surface area contributed by atoms with Crippen molar-refractivity contribution in [3.63, 3.8) is 0 Å². The van der Waals surface area contributed by atoms with Crippen LogP contribution in [0.5, 0.6) is 0 Å². The molecule has 0 radical (unpaired) electrons. The Bertz CT molecular complexity index is 1530. The lowest BCUT2D eigenvalue weighted by molar-refractivity contribution is -0.247. The summed E-state index contributed by atoms with van der Waals surface area (Å²) in [5, 5.41) is -5.77. The van der Waals surface area contributed by atoms with Crippen molar-refractivity contribution in [2.24, 2.45) is 0 Å². The molecule has 0 aliphatic rings. The minimum atomic E-state index is -6.49. The largest absolute Gasteiger partial charge is 0.441 e. The molecule has 1 atom stereocenters. The molecular formula is C30H23F5O5S2. The Morgan fingerprint density at radius 2 is 1.10 bits per heavy atom. The van der Waals surface area contributed by atoms with Crippen molar-refractivity contribution in [1.82, 2.24) is 0 Å². The lowest BCUT2D eigenvalue weighted by atomic mass is 10.1. The van der Waals surface area contributed by atoms with Crippen molar-refractivity contribution < 1.29 is 43.5 Å². The highest BCUT2D eigenvalue weighted by atomic mass is 32.3. The molecule has 4 rings (SSSR count). The number of hydrogen-bond acceptors (Lipinski definition) is 5. The van der Waals surface area contributed by atoms with E-state index in [-0.39, 0.29) is 14.7 Å². The molecule has 0 aromatic heterocycles. The van der Waals surface area contributed by atoms with Crippen LogP contribution in [0, 0.1) is 0 Å². The van der Waals surface area contributed by atoms with Crippen molar-refractivity contribution in [2.45, 2.75) is 32.2 Å². The predicted octanol–water partition coefficient (Wildman–Crippen LogP) is 8.25. The molecule has 0 saturated heterocycles. The van der Waals surface area contributed by atoms with E-state index in [1.54, 1.807) is 18.2 Å². The summed E-state index contributed by atoms with van der Waals surface area (Å²) in [6.45, 7) is 3.50. The number of esters is 1. The zero-order valence-corrected chi connectivity index (χ0v) is 23.2. The second kappa shape index (κ2) is 12.1. The first-order valence-corrected chi connectivity index (χ1v) is 15.1. The van der Waals surface area contributed by atoms with E-state index in [0.29, 0.717) is 5.56 Å². The molecule has 12 heteroatoms. The number of carbonyl (C=O) groups is 1. The van der Waals surface area contributed by atoms with Crippen molar-refractivity contribution in [3.8, 4) is 0 Å². The van der Waals surface area contributed by atoms with Gasteiger partial charge >= 0.3 is 27.5 Å². The quantitative estimate of drug-likeness (QED) is 0.132. The van der Waals surface area contributed by atoms with Gasteiger partial charge in [-0.3, -0.25) is 0 Å². The second-order valence-corrected chi connectivity index (χ2v) is 13.3. The second-order valence-electron chi connectivity index (χ2n) is 8.73. The van der Waals surface area contributed by atoms with Crippen LogP contribution in [0.4, 0.5) is 22.0 Å². The third kappa shape index (κ3) is 6.10. The Balaban J connectivity index is 1.85. The third-order valence-corrected chi connectivity index (χ3v) is 11.2. The summed E-state index contributed by atoms with van der Waals surface area (Å²) in [5.41, 5.74) is -0.0240. The number of halogens is 5. The summed E-state index contributed by atoms with van der Waals surface area (Å²) in [6, 6.07) is 27.0. The van der Waals surface area contributed by atoms with Crippen LogP contribution in [0.25, 0.3) is 6.08 Å². The van der Waals surface area contributed by atoms with Crippen molar-refractivity contribution in [3.05, 3.63) is 133 Å². The highest BCUT2D eigenvalue weighted by Gasteiger charge is 2.68. The van der Waals surface area contributed by atoms with E-state index >= 15 is 8.78 Å². The molecule has 0 spiro atoms. The maximum atomic E-state index is 15.7. The molecule has 4 aromatic rings. The van der Waals surface area contributed by atoms with Crippen LogP contribution in [0.2, 0.25) is 0 Å². The van der Waals surface area contributed by atoms with E-state index in [2.05, 4.69) is 11.3 Å². The molecule has 5 nitrogen and oxygen atoms in total. The maximum absolute atomic E-state index is 15.7. The summed E-state index contributed by atoms with van der Waals surface area (Å²) in [7, 11) is -10.1. The minimum absolute atomic E-state index is 0.115. The van der Waals surface area contributed by atoms with Crippen LogP contribution in [0.1, 0.15) is 15.9 Å². The summed E-state index contributed by atoms with van der Waals surface area (Å²) in [4.78, 5) is 12.9. The average Bonchev–Trinajstić information content (AvgIpc) is 2.99. The predicted molar refractivity (Wildman–Crippen MR) is 148 cm³/mol. The Labute approximate surface area is 240 Å². The van der Waals surface area contributed by atoms with Gasteiger partial charge in [0.25, 0.3) is 6.10 Å². The van der Waals surface area contributed by atoms with Crippen LogP contribution in [-0.4, -0.2) is 31.9 Å². The summed E-state index contributed by atoms with van der Waals surface area (Å²) >= 11 is 0. The molecule has 0 fully saturated rings. The number of rotatable bonds is 10. The van der Waals surface area contributed by atoms with E-state index in [0.717, 1.165) is 12.1 Å². The maximum Gasteiger partial charge on any atom is 0.432 e. The topological polar surface area (TPSA) is 69.7 Å². The molecule has 42 heavy (non-hydrogen) atoms. The van der Waals surface area contributed by atoms with Gasteiger partial charge in [-0.15, -0.1) is 0 Å². The van der Waals surface area contributed by atoms with Gasteiger partial charge in [0, 0.05) is 14.7 Å². The molecule has 0 bridgehead atoms. The Morgan fingerprint density at radius 3 is 1.45 bits per heavy atom. The fourth-order valence-corrected chi connectivity index (χ4v) is 9.19. The number of alkyl halides is 5. The summed E-state index contributed by atoms with van der Waals surface area (Å²) in [6.07, 6.45) is -9.01. The van der Waals surface area contributed by atoms with E-state index in [9.17, 15) is 26.4 Å². The first-order valence-electron chi connectivity index (χ1n) is 12.1. The number of hydrogen-bond donors (Lipinski definition) is 0. The van der Waals surface area contributed by atoms with E-state index in [1.165, 1.54) is 91.0 Å². The van der Waals surface area contributed by atoms with Crippen LogP contribution in [-0.2, 0) is 18.5 Å². The van der Waals surface area contributed by atoms with E-state index < -0.39 is 49.5 Å². The Kier molecular flexibility index (Phi) is 8.90. The van der Waals surface area contributed by atoms with E-state index in [1.807, 2.05) is 0 Å². The fourth-order valence-electron chi connectivity index (χ4n) is 3.93. The van der Waals surface area contributed by atoms with Crippen LogP contribution < -0.4 is 0 Å². The monoisotopic (exact) mass is 622 g/mol. The minimum Gasteiger partial charge on any atom is -0.441 e. The number of carbonyl (C=O) groups excluding carboxylic acids is 1. The molecule has 0 saturated carbocycles. The molecule has 0 heterocycles. The number of benzene rings is 4. The zero-order valence-electron chi connectivity index (χ0n) is 21.6. The van der Waals surface area contributed by atoms with Gasteiger partial charge in [0.05, 0.1) is 5.56 Å². The van der Waals surface area contributed by atoms with Crippen molar-refractivity contribution >= 4 is 32.5 Å². The highest BCUT2D eigenvalue weighted by molar-refractivity contribution is 8.33. The number of ether oxygens (including phenoxy) is 1. The summed E-state index contributed by atoms with van der Waals surface area (Å²) < 4.78 is 110. The van der Waals surface area contributed by atoms with Gasteiger partial charge in [-0.1, -0.05) is 79.4 Å². The van der Waals surface area contributed by atoms with Gasteiger partial charge in [-0.05, 0) is 64.4 Å². The highest BCUT2D eigenvalue weighted by Crippen LogP contribution is 2.70.